The summed E-state index contributed by atoms with van der Waals surface area (Å²) in [5, 5.41) is 28.7. The fraction of sp³-hybridized carbons (Fsp3) is 0.667. The molecule has 0 saturated carbocycles. The van der Waals surface area contributed by atoms with Gasteiger partial charge in [0.05, 0.1) is 0 Å². The van der Waals surface area contributed by atoms with Gasteiger partial charge in [0, 0.05) is 11.6 Å². The summed E-state index contributed by atoms with van der Waals surface area (Å²) in [6, 6.07) is 0. The van der Waals surface area contributed by atoms with Crippen molar-refractivity contribution < 1.29 is 34.4 Å². The summed E-state index contributed by atoms with van der Waals surface area (Å²) < 4.78 is 4.75. The molecule has 0 aromatic rings. The number of Topliss-reactive ketones (excluding diaryl/α,β-unsaturated/α-hetero) is 3. The highest BCUT2D eigenvalue weighted by Gasteiger charge is 2.86. The molecule has 0 spiro atoms. The third-order valence-electron chi connectivity index (χ3n) is 3.81. The predicted octanol–water partition coefficient (Wildman–Crippen LogP) is -0.646. The Morgan fingerprint density at radius 3 is 1.73 bits per heavy atom. The van der Waals surface area contributed by atoms with Crippen LogP contribution in [0.4, 0.5) is 0 Å². The van der Waals surface area contributed by atoms with Crippen molar-refractivity contribution in [2.75, 3.05) is 0 Å². The van der Waals surface area contributed by atoms with E-state index in [9.17, 15) is 29.7 Å². The van der Waals surface area contributed by atoms with Gasteiger partial charge >= 0.3 is 5.18 Å². The van der Waals surface area contributed by atoms with E-state index in [1.54, 1.807) is 0 Å². The summed E-state index contributed by atoms with van der Waals surface area (Å²) in [5.74, 6) is -4.04. The van der Waals surface area contributed by atoms with E-state index in [2.05, 4.69) is 4.85 Å². The zero-order chi connectivity index (χ0) is 17.7. The first-order chi connectivity index (χ1) is 9.77. The van der Waals surface area contributed by atoms with Crippen LogP contribution in [0.1, 0.15) is 20.8 Å². The zero-order valence-corrected chi connectivity index (χ0v) is 13.3. The number of carbonyl (C=O) groups excluding carboxylic acids is 3. The highest BCUT2D eigenvalue weighted by Crippen LogP contribution is 2.54. The zero-order valence-electron chi connectivity index (χ0n) is 11.8. The van der Waals surface area contributed by atoms with Gasteiger partial charge in [0.2, 0.25) is 11.2 Å². The molecule has 0 aliphatic carbocycles. The van der Waals surface area contributed by atoms with Gasteiger partial charge in [-0.1, -0.05) is 11.6 Å². The minimum Gasteiger partial charge on any atom is -0.375 e. The first-order valence-electron chi connectivity index (χ1n) is 5.87. The van der Waals surface area contributed by atoms with Gasteiger partial charge in [-0.3, -0.25) is 24.0 Å². The summed E-state index contributed by atoms with van der Waals surface area (Å²) in [4.78, 5) is 38.4. The molecule has 1 saturated heterocycles. The third kappa shape index (κ3) is 1.81. The molecule has 5 atom stereocenters. The van der Waals surface area contributed by atoms with E-state index in [-0.39, 0.29) is 0 Å². The fourth-order valence-corrected chi connectivity index (χ4v) is 3.33. The van der Waals surface area contributed by atoms with Gasteiger partial charge in [0.15, 0.2) is 22.9 Å². The lowest BCUT2D eigenvalue weighted by atomic mass is 9.63. The van der Waals surface area contributed by atoms with Crippen LogP contribution in [0, 0.1) is 6.57 Å². The van der Waals surface area contributed by atoms with Crippen molar-refractivity contribution in [1.29, 1.82) is 0 Å². The van der Waals surface area contributed by atoms with Crippen molar-refractivity contribution in [3.8, 4) is 0 Å². The molecule has 0 amide bonds. The molecule has 0 radical (unpaired) electrons. The van der Waals surface area contributed by atoms with E-state index in [1.807, 2.05) is 0 Å². The van der Waals surface area contributed by atoms with Crippen LogP contribution in [0.2, 0.25) is 0 Å². The average molecular weight is 354 g/mol. The number of halogens is 2. The molecular weight excluding hydrogens is 341 g/mol. The Morgan fingerprint density at radius 2 is 1.45 bits per heavy atom. The van der Waals surface area contributed by atoms with Gasteiger partial charge in [-0.05, 0) is 20.8 Å². The van der Waals surface area contributed by atoms with E-state index < -0.39 is 44.9 Å². The van der Waals surface area contributed by atoms with E-state index in [0.29, 0.717) is 13.8 Å². The molecule has 10 heteroatoms. The normalized spacial score (nSPS) is 45.0. The molecule has 1 rings (SSSR count). The first-order valence-corrected chi connectivity index (χ1v) is 6.68. The molecule has 1 fully saturated rings. The topological polar surface area (TPSA) is 125 Å². The monoisotopic (exact) mass is 353 g/mol. The quantitative estimate of drug-likeness (QED) is 0.349. The van der Waals surface area contributed by atoms with Crippen LogP contribution in [0.3, 0.4) is 0 Å². The van der Waals surface area contributed by atoms with Crippen LogP contribution < -0.4 is 0 Å². The summed E-state index contributed by atoms with van der Waals surface area (Å²) in [5.41, 5.74) is -12.3. The third-order valence-corrected chi connectivity index (χ3v) is 4.66. The van der Waals surface area contributed by atoms with Gasteiger partial charge in [-0.15, -0.1) is 0 Å². The van der Waals surface area contributed by atoms with Gasteiger partial charge in [0.1, 0.15) is 0 Å². The average Bonchev–Trinajstić information content (AvgIpc) is 2.41. The van der Waals surface area contributed by atoms with Crippen molar-refractivity contribution in [3.63, 3.8) is 0 Å². The Balaban J connectivity index is 3.97. The maximum absolute atomic E-state index is 12.0. The Hall–Kier alpha value is -1.08. The van der Waals surface area contributed by atoms with Crippen LogP contribution >= 0.6 is 23.2 Å². The molecule has 0 aromatic heterocycles. The maximum Gasteiger partial charge on any atom is 0.458 e. The lowest BCUT2D eigenvalue weighted by Gasteiger charge is -2.54. The Kier molecular flexibility index (Phi) is 4.51. The van der Waals surface area contributed by atoms with Gasteiger partial charge in [-0.25, -0.2) is 6.57 Å². The number of hydrogen-bond acceptors (Lipinski definition) is 7. The van der Waals surface area contributed by atoms with Crippen LogP contribution in [-0.2, 0) is 19.1 Å². The number of ether oxygens (including phenoxy) is 1. The minimum absolute atomic E-state index is 0.692. The molecule has 1 aliphatic heterocycles. The molecular formula is C12H13Cl2NO7. The highest BCUT2D eigenvalue weighted by atomic mass is 35.5. The molecule has 1 heterocycles. The van der Waals surface area contributed by atoms with E-state index in [4.69, 9.17) is 34.5 Å². The number of carbonyl (C=O) groups is 3. The molecule has 1 unspecified atom stereocenters. The number of rotatable bonds is 3. The van der Waals surface area contributed by atoms with Crippen LogP contribution in [0.25, 0.3) is 4.85 Å². The largest absolute Gasteiger partial charge is 0.458 e. The second kappa shape index (κ2) is 5.23. The van der Waals surface area contributed by atoms with Crippen LogP contribution in [0.5, 0.6) is 0 Å². The summed E-state index contributed by atoms with van der Waals surface area (Å²) in [6.07, 6.45) is 0. The van der Waals surface area contributed by atoms with Crippen molar-refractivity contribution in [1.82, 2.24) is 0 Å². The number of aliphatic hydroxyl groups is 3. The molecule has 3 N–H and O–H groups in total. The second-order valence-electron chi connectivity index (χ2n) is 4.96. The second-order valence-corrected chi connectivity index (χ2v) is 5.87. The Bertz CT molecular complexity index is 605. The predicted molar refractivity (Wildman–Crippen MR) is 72.8 cm³/mol. The number of alkyl halides is 2. The summed E-state index contributed by atoms with van der Waals surface area (Å²) in [6.45, 7) is 9.15. The maximum atomic E-state index is 12.0. The first kappa shape index (κ1) is 19.0. The molecule has 0 aromatic carbocycles. The van der Waals surface area contributed by atoms with E-state index in [0.717, 1.165) is 6.92 Å². The highest BCUT2D eigenvalue weighted by molar-refractivity contribution is 6.30. The van der Waals surface area contributed by atoms with Crippen LogP contribution in [0.15, 0.2) is 0 Å². The lowest BCUT2D eigenvalue weighted by molar-refractivity contribution is -0.306. The van der Waals surface area contributed by atoms with Crippen molar-refractivity contribution in [3.05, 3.63) is 11.4 Å². The Labute approximate surface area is 135 Å². The van der Waals surface area contributed by atoms with Crippen molar-refractivity contribution >= 4 is 40.6 Å². The lowest BCUT2D eigenvalue weighted by Crippen LogP contribution is -2.86. The summed E-state index contributed by atoms with van der Waals surface area (Å²) >= 11 is 11.4. The summed E-state index contributed by atoms with van der Waals surface area (Å²) in [7, 11) is 0. The van der Waals surface area contributed by atoms with E-state index >= 15 is 0 Å². The molecule has 0 bridgehead atoms. The van der Waals surface area contributed by atoms with Crippen molar-refractivity contribution in [2.45, 2.75) is 48.3 Å². The number of hydrogen-bond donors (Lipinski definition) is 3. The molecule has 122 valence electrons. The van der Waals surface area contributed by atoms with E-state index in [1.165, 1.54) is 0 Å². The van der Waals surface area contributed by atoms with Gasteiger partial charge < -0.3 is 15.3 Å². The Morgan fingerprint density at radius 1 is 1.05 bits per heavy atom. The SMILES string of the molecule is [C-]#[N+][C@]1(Cl)OC(Cl)[C@](O)(C(C)=O)[C@@](O)(C(C)=O)[C@]1(O)C(C)=O. The molecule has 8 nitrogen and oxygen atoms in total. The molecule has 1 aliphatic rings. The smallest absolute Gasteiger partial charge is 0.375 e. The van der Waals surface area contributed by atoms with Crippen molar-refractivity contribution in [2.24, 2.45) is 0 Å². The number of nitrogens with zero attached hydrogens (tertiary/aromatic N) is 1. The fourth-order valence-electron chi connectivity index (χ4n) is 2.49. The minimum atomic E-state index is -3.49. The van der Waals surface area contributed by atoms with Gasteiger partial charge in [-0.2, -0.15) is 0 Å². The van der Waals surface area contributed by atoms with Gasteiger partial charge in [0.25, 0.3) is 5.60 Å². The number of ketones is 3. The standard InChI is InChI=1S/C12H13Cl2NO7/c1-5(16)9(19)8(13)22-12(14,15-4)11(21,7(3)18)10(9,20)6(2)17/h8,19-21H,1-3H3/t8?,9-,10+,11-,12+/m1/s1. The van der Waals surface area contributed by atoms with Crippen LogP contribution in [-0.4, -0.2) is 60.2 Å². The molecule has 22 heavy (non-hydrogen) atoms.